The van der Waals surface area contributed by atoms with E-state index < -0.39 is 53.3 Å². The summed E-state index contributed by atoms with van der Waals surface area (Å²) in [5.41, 5.74) is 2.30. The number of carboxylic acid groups (broad SMARTS) is 1. The third-order valence-corrected chi connectivity index (χ3v) is 9.49. The fourth-order valence-corrected chi connectivity index (χ4v) is 6.87. The van der Waals surface area contributed by atoms with Crippen LogP contribution in [-0.4, -0.2) is 36.7 Å². The van der Waals surface area contributed by atoms with Crippen molar-refractivity contribution >= 4 is 17.6 Å². The summed E-state index contributed by atoms with van der Waals surface area (Å²) in [6.07, 6.45) is -10.4. The zero-order valence-electron chi connectivity index (χ0n) is 27.9. The quantitative estimate of drug-likeness (QED) is 0.232. The third-order valence-electron chi connectivity index (χ3n) is 9.49. The van der Waals surface area contributed by atoms with E-state index in [-0.39, 0.29) is 23.6 Å². The van der Waals surface area contributed by atoms with E-state index in [9.17, 15) is 41.0 Å². The minimum Gasteiger partial charge on any atom is -0.545 e. The molecule has 262 valence electrons. The number of aromatic carboxylic acids is 1. The first-order chi connectivity index (χ1) is 22.7. The van der Waals surface area contributed by atoms with Gasteiger partial charge in [0.1, 0.15) is 11.9 Å². The van der Waals surface area contributed by atoms with Crippen molar-refractivity contribution in [1.82, 2.24) is 4.90 Å². The van der Waals surface area contributed by atoms with Gasteiger partial charge in [0.15, 0.2) is 0 Å². The van der Waals surface area contributed by atoms with Crippen molar-refractivity contribution < 1.29 is 50.5 Å². The number of hydrogen-bond donors (Lipinski definition) is 0. The molecular weight excluding hydrogens is 652 g/mol. The zero-order chi connectivity index (χ0) is 36.2. The minimum absolute atomic E-state index is 0.0338. The molecule has 1 aliphatic heterocycles. The van der Waals surface area contributed by atoms with Crippen LogP contribution < -0.4 is 9.84 Å². The maximum absolute atomic E-state index is 13.6. The average molecular weight is 689 g/mol. The fourth-order valence-electron chi connectivity index (χ4n) is 6.87. The Balaban J connectivity index is 1.57. The van der Waals surface area contributed by atoms with E-state index in [2.05, 4.69) is 13.8 Å². The number of nitrogens with zero attached hydrogens (tertiary/aromatic N) is 1. The molecule has 0 spiro atoms. The van der Waals surface area contributed by atoms with Crippen LogP contribution >= 0.6 is 0 Å². The summed E-state index contributed by atoms with van der Waals surface area (Å²) in [7, 11) is 1.54. The molecule has 6 nitrogen and oxygen atoms in total. The summed E-state index contributed by atoms with van der Waals surface area (Å²) in [6, 6.07) is 8.95. The van der Waals surface area contributed by atoms with Crippen molar-refractivity contribution in [2.75, 3.05) is 13.7 Å². The average Bonchev–Trinajstić information content (AvgIpc) is 3.28. The first-order valence-electron chi connectivity index (χ1n) is 15.7. The molecule has 1 heterocycles. The van der Waals surface area contributed by atoms with E-state index in [1.807, 2.05) is 19.1 Å². The molecule has 49 heavy (non-hydrogen) atoms. The standard InChI is InChI=1S/C37H37F6NO5/c1-19-11-22(33(45)46)7-8-27(19)29-16-30(31(48-6)12-20(29)2)28-9-10-35(4,5)17-24(28)18-44-21(3)32(49-34(44)47)23-13-25(36(38,39)40)15-26(14-23)37(41,42)43/h7-8,11-16,21,32H,9-10,17-18H2,1-6H3,(H,45,46)/p-1/t21-,32-/m0/s1. The van der Waals surface area contributed by atoms with E-state index in [0.717, 1.165) is 45.4 Å². The number of hydrogen-bond acceptors (Lipinski definition) is 5. The second-order valence-electron chi connectivity index (χ2n) is 13.6. The number of allylic oxidation sites excluding steroid dienone is 1. The number of alkyl halides is 6. The van der Waals surface area contributed by atoms with E-state index in [0.29, 0.717) is 30.7 Å². The Hall–Kier alpha value is -4.48. The van der Waals surface area contributed by atoms with Crippen LogP contribution in [0.25, 0.3) is 16.7 Å². The Labute approximate surface area is 280 Å². The molecule has 2 atom stereocenters. The summed E-state index contributed by atoms with van der Waals surface area (Å²) in [5.74, 6) is -0.705. The second-order valence-corrected chi connectivity index (χ2v) is 13.6. The molecule has 0 saturated carbocycles. The van der Waals surface area contributed by atoms with Crippen molar-refractivity contribution in [3.8, 4) is 16.9 Å². The summed E-state index contributed by atoms with van der Waals surface area (Å²) in [4.78, 5) is 26.1. The lowest BCUT2D eigenvalue weighted by molar-refractivity contribution is -0.255. The molecule has 12 heteroatoms. The van der Waals surface area contributed by atoms with Gasteiger partial charge >= 0.3 is 18.4 Å². The number of carbonyl (C=O) groups excluding carboxylic acids is 2. The van der Waals surface area contributed by atoms with Crippen molar-refractivity contribution in [1.29, 1.82) is 0 Å². The van der Waals surface area contributed by atoms with Gasteiger partial charge in [-0.25, -0.2) is 4.79 Å². The van der Waals surface area contributed by atoms with Crippen LogP contribution in [0.4, 0.5) is 31.1 Å². The molecule has 1 aliphatic carbocycles. The number of methoxy groups -OCH3 is 1. The van der Waals surface area contributed by atoms with Gasteiger partial charge in [-0.1, -0.05) is 26.0 Å². The van der Waals surface area contributed by atoms with Crippen molar-refractivity contribution in [3.05, 3.63) is 93.0 Å². The molecule has 1 amide bonds. The van der Waals surface area contributed by atoms with Crippen LogP contribution in [-0.2, 0) is 17.1 Å². The monoisotopic (exact) mass is 688 g/mol. The van der Waals surface area contributed by atoms with Gasteiger partial charge in [-0.05, 0) is 126 Å². The molecule has 3 aromatic carbocycles. The number of aryl methyl sites for hydroxylation is 2. The van der Waals surface area contributed by atoms with Gasteiger partial charge in [0, 0.05) is 12.1 Å². The molecule has 0 aromatic heterocycles. The smallest absolute Gasteiger partial charge is 0.416 e. The lowest BCUT2D eigenvalue weighted by Gasteiger charge is -2.36. The highest BCUT2D eigenvalue weighted by atomic mass is 19.4. The van der Waals surface area contributed by atoms with Crippen LogP contribution in [0.2, 0.25) is 0 Å². The summed E-state index contributed by atoms with van der Waals surface area (Å²) in [6.45, 7) is 9.46. The van der Waals surface area contributed by atoms with Crippen LogP contribution in [0.5, 0.6) is 5.75 Å². The van der Waals surface area contributed by atoms with Gasteiger partial charge in [-0.3, -0.25) is 4.90 Å². The van der Waals surface area contributed by atoms with E-state index >= 15 is 0 Å². The zero-order valence-corrected chi connectivity index (χ0v) is 27.9. The lowest BCUT2D eigenvalue weighted by Crippen LogP contribution is -2.35. The number of rotatable bonds is 7. The number of carbonyl (C=O) groups is 2. The summed E-state index contributed by atoms with van der Waals surface area (Å²) in [5, 5.41) is 11.4. The first-order valence-corrected chi connectivity index (χ1v) is 15.7. The SMILES string of the molecule is COc1cc(C)c(-c2ccc(C(=O)[O-])cc2C)cc1C1=C(CN2C(=O)O[C@H](c3cc(C(F)(F)F)cc(C(F)(F)F)c3)[C@@H]2C)CC(C)(C)CC1. The second kappa shape index (κ2) is 12.8. The number of carboxylic acids is 1. The maximum Gasteiger partial charge on any atom is 0.416 e. The van der Waals surface area contributed by atoms with Crippen LogP contribution in [0, 0.1) is 19.3 Å². The van der Waals surface area contributed by atoms with Gasteiger partial charge in [0.2, 0.25) is 0 Å². The van der Waals surface area contributed by atoms with Crippen molar-refractivity contribution in [3.63, 3.8) is 0 Å². The largest absolute Gasteiger partial charge is 0.545 e. The Bertz CT molecular complexity index is 1810. The normalized spacial score (nSPS) is 19.7. The van der Waals surface area contributed by atoms with Crippen molar-refractivity contribution in [2.45, 2.75) is 78.4 Å². The first kappa shape index (κ1) is 35.8. The molecule has 0 N–H and O–H groups in total. The van der Waals surface area contributed by atoms with Crippen LogP contribution in [0.1, 0.15) is 89.9 Å². The summed E-state index contributed by atoms with van der Waals surface area (Å²) < 4.78 is 93.0. The number of ether oxygens (including phenoxy) is 2. The highest BCUT2D eigenvalue weighted by Crippen LogP contribution is 2.48. The van der Waals surface area contributed by atoms with E-state index in [1.54, 1.807) is 33.1 Å². The maximum atomic E-state index is 13.6. The van der Waals surface area contributed by atoms with Crippen molar-refractivity contribution in [2.24, 2.45) is 5.41 Å². The fraction of sp³-hybridized carbons (Fsp3) is 0.405. The summed E-state index contributed by atoms with van der Waals surface area (Å²) >= 11 is 0. The number of benzene rings is 3. The van der Waals surface area contributed by atoms with Crippen LogP contribution in [0.15, 0.2) is 54.1 Å². The van der Waals surface area contributed by atoms with Gasteiger partial charge in [-0.2, -0.15) is 26.3 Å². The molecule has 5 rings (SSSR count). The highest BCUT2D eigenvalue weighted by Gasteiger charge is 2.44. The number of cyclic esters (lactones) is 1. The number of amides is 1. The predicted octanol–water partition coefficient (Wildman–Crippen LogP) is 8.93. The minimum atomic E-state index is -5.05. The molecule has 0 radical (unpaired) electrons. The Kier molecular flexibility index (Phi) is 9.33. The van der Waals surface area contributed by atoms with Crippen LogP contribution in [0.3, 0.4) is 0 Å². The van der Waals surface area contributed by atoms with Gasteiger partial charge in [0.25, 0.3) is 0 Å². The van der Waals surface area contributed by atoms with Gasteiger partial charge < -0.3 is 19.4 Å². The molecule has 0 bridgehead atoms. The molecule has 0 unspecified atom stereocenters. The van der Waals surface area contributed by atoms with E-state index in [4.69, 9.17) is 9.47 Å². The van der Waals surface area contributed by atoms with Gasteiger partial charge in [-0.15, -0.1) is 0 Å². The Morgan fingerprint density at radius 1 is 0.939 bits per heavy atom. The molecule has 1 fully saturated rings. The third kappa shape index (κ3) is 7.28. The lowest BCUT2D eigenvalue weighted by atomic mass is 9.72. The van der Waals surface area contributed by atoms with E-state index in [1.165, 1.54) is 11.0 Å². The Morgan fingerprint density at radius 3 is 2.10 bits per heavy atom. The highest BCUT2D eigenvalue weighted by molar-refractivity contribution is 5.88. The topological polar surface area (TPSA) is 78.9 Å². The predicted molar refractivity (Wildman–Crippen MR) is 169 cm³/mol. The molecular formula is C37H36F6NO5-. The molecule has 3 aromatic rings. The van der Waals surface area contributed by atoms with Gasteiger partial charge in [0.05, 0.1) is 30.2 Å². The molecule has 1 saturated heterocycles. The number of halogens is 6. The Morgan fingerprint density at radius 2 is 1.55 bits per heavy atom. The molecule has 2 aliphatic rings.